The standard InChI is InChI=1S/C22H28F3N5O/c1-11(2)30-19(20-15-5-13(6-16(15)20)29(3)14-9-31-10-14)7-18(28-30)12-4-17(22(23,24)25)21(26)27-8-12/h4,7-8,11,13-16,20H,5-6,9-10H2,1-3H3,(H2,26,27)/t13-,15-,16+,20+. The normalized spacial score (nSPS) is 28.3. The number of alkyl halides is 3. The van der Waals surface area contributed by atoms with Gasteiger partial charge in [0, 0.05) is 35.5 Å². The van der Waals surface area contributed by atoms with E-state index >= 15 is 0 Å². The summed E-state index contributed by atoms with van der Waals surface area (Å²) in [5, 5.41) is 4.67. The summed E-state index contributed by atoms with van der Waals surface area (Å²) in [5.41, 5.74) is 6.53. The molecule has 0 radical (unpaired) electrons. The van der Waals surface area contributed by atoms with Gasteiger partial charge in [-0.05, 0) is 57.7 Å². The molecule has 3 heterocycles. The summed E-state index contributed by atoms with van der Waals surface area (Å²) in [6.07, 6.45) is -0.859. The number of nitrogen functional groups attached to an aromatic ring is 1. The van der Waals surface area contributed by atoms with Crippen LogP contribution in [0.15, 0.2) is 18.3 Å². The highest BCUT2D eigenvalue weighted by molar-refractivity contribution is 5.63. The van der Waals surface area contributed by atoms with Crippen molar-refractivity contribution in [2.75, 3.05) is 26.0 Å². The largest absolute Gasteiger partial charge is 0.419 e. The molecular formula is C22H28F3N5O. The van der Waals surface area contributed by atoms with Crippen LogP contribution in [0, 0.1) is 11.8 Å². The zero-order valence-electron chi connectivity index (χ0n) is 17.9. The minimum absolute atomic E-state index is 0.125. The van der Waals surface area contributed by atoms with Crippen LogP contribution >= 0.6 is 0 Å². The van der Waals surface area contributed by atoms with Crippen LogP contribution in [0.1, 0.15) is 49.9 Å². The molecule has 2 aliphatic carbocycles. The van der Waals surface area contributed by atoms with E-state index in [0.29, 0.717) is 41.1 Å². The van der Waals surface area contributed by atoms with E-state index in [4.69, 9.17) is 10.5 Å². The van der Waals surface area contributed by atoms with Crippen molar-refractivity contribution in [3.8, 4) is 11.3 Å². The lowest BCUT2D eigenvalue weighted by Gasteiger charge is -2.39. The Morgan fingerprint density at radius 3 is 2.39 bits per heavy atom. The smallest absolute Gasteiger partial charge is 0.383 e. The SMILES string of the molecule is CC(C)n1nc(-c2cnc(N)c(C(F)(F)F)c2)cc1[C@H]1[C@@H]2C[C@@H](N(C)C3COC3)C[C@@H]21. The molecule has 2 saturated carbocycles. The molecule has 0 spiro atoms. The summed E-state index contributed by atoms with van der Waals surface area (Å²) >= 11 is 0. The van der Waals surface area contributed by atoms with Gasteiger partial charge in [-0.3, -0.25) is 9.58 Å². The van der Waals surface area contributed by atoms with Gasteiger partial charge in [-0.1, -0.05) is 0 Å². The second kappa shape index (κ2) is 7.20. The van der Waals surface area contributed by atoms with Crippen molar-refractivity contribution in [1.29, 1.82) is 0 Å². The first kappa shape index (κ1) is 20.8. The lowest BCUT2D eigenvalue weighted by atomic mass is 10.0. The molecule has 1 saturated heterocycles. The first-order valence-corrected chi connectivity index (χ1v) is 10.9. The molecule has 31 heavy (non-hydrogen) atoms. The Balaban J connectivity index is 1.39. The second-order valence-corrected chi connectivity index (χ2v) is 9.48. The number of rotatable bonds is 5. The van der Waals surface area contributed by atoms with Gasteiger partial charge in [0.25, 0.3) is 0 Å². The number of aromatic nitrogens is 3. The van der Waals surface area contributed by atoms with Gasteiger partial charge in [-0.15, -0.1) is 0 Å². The third-order valence-electron chi connectivity index (χ3n) is 7.31. The third kappa shape index (κ3) is 3.51. The van der Waals surface area contributed by atoms with E-state index in [1.54, 1.807) is 0 Å². The molecule has 6 nitrogen and oxygen atoms in total. The van der Waals surface area contributed by atoms with Crippen LogP contribution in [0.3, 0.4) is 0 Å². The van der Waals surface area contributed by atoms with Crippen molar-refractivity contribution >= 4 is 5.82 Å². The highest BCUT2D eigenvalue weighted by Gasteiger charge is 2.59. The van der Waals surface area contributed by atoms with Gasteiger partial charge < -0.3 is 10.5 Å². The molecular weight excluding hydrogens is 407 g/mol. The molecule has 3 fully saturated rings. The molecule has 2 N–H and O–H groups in total. The predicted octanol–water partition coefficient (Wildman–Crippen LogP) is 3.95. The summed E-state index contributed by atoms with van der Waals surface area (Å²) in [7, 11) is 2.19. The van der Waals surface area contributed by atoms with E-state index in [1.165, 1.54) is 6.20 Å². The lowest BCUT2D eigenvalue weighted by Crippen LogP contribution is -2.51. The fourth-order valence-corrected chi connectivity index (χ4v) is 5.40. The third-order valence-corrected chi connectivity index (χ3v) is 7.31. The summed E-state index contributed by atoms with van der Waals surface area (Å²) in [6.45, 7) is 5.75. The van der Waals surface area contributed by atoms with Crippen molar-refractivity contribution < 1.29 is 17.9 Å². The molecule has 4 atom stereocenters. The van der Waals surface area contributed by atoms with Gasteiger partial charge in [0.1, 0.15) is 5.82 Å². The number of nitrogens with two attached hydrogens (primary N) is 1. The average Bonchev–Trinajstić information content (AvgIpc) is 3.03. The molecule has 0 amide bonds. The van der Waals surface area contributed by atoms with Gasteiger partial charge in [-0.2, -0.15) is 18.3 Å². The number of hydrogen-bond acceptors (Lipinski definition) is 5. The van der Waals surface area contributed by atoms with Crippen LogP contribution in [-0.4, -0.2) is 52.0 Å². The van der Waals surface area contributed by atoms with Crippen molar-refractivity contribution in [3.05, 3.63) is 29.6 Å². The average molecular weight is 435 g/mol. The maximum Gasteiger partial charge on any atom is 0.419 e. The Morgan fingerprint density at radius 2 is 1.84 bits per heavy atom. The fourth-order valence-electron chi connectivity index (χ4n) is 5.40. The molecule has 0 aromatic carbocycles. The minimum atomic E-state index is -4.55. The van der Waals surface area contributed by atoms with Crippen LogP contribution in [-0.2, 0) is 10.9 Å². The quantitative estimate of drug-likeness (QED) is 0.770. The number of ether oxygens (including phenoxy) is 1. The van der Waals surface area contributed by atoms with E-state index in [9.17, 15) is 13.2 Å². The van der Waals surface area contributed by atoms with Crippen molar-refractivity contribution in [2.45, 2.75) is 56.9 Å². The van der Waals surface area contributed by atoms with E-state index in [-0.39, 0.29) is 6.04 Å². The van der Waals surface area contributed by atoms with Crippen molar-refractivity contribution in [1.82, 2.24) is 19.7 Å². The molecule has 1 aliphatic heterocycles. The maximum atomic E-state index is 13.3. The molecule has 2 aromatic heterocycles. The number of anilines is 1. The summed E-state index contributed by atoms with van der Waals surface area (Å²) in [5.74, 6) is 1.15. The summed E-state index contributed by atoms with van der Waals surface area (Å²) in [6, 6.07) is 4.26. The van der Waals surface area contributed by atoms with Crippen LogP contribution in [0.25, 0.3) is 11.3 Å². The fraction of sp³-hybridized carbons (Fsp3) is 0.636. The molecule has 2 aromatic rings. The van der Waals surface area contributed by atoms with Gasteiger partial charge in [0.2, 0.25) is 0 Å². The van der Waals surface area contributed by atoms with E-state index in [0.717, 1.165) is 37.8 Å². The second-order valence-electron chi connectivity index (χ2n) is 9.48. The molecule has 0 bridgehead atoms. The number of likely N-dealkylation sites (N-methyl/N-ethyl adjacent to an activating group) is 1. The first-order chi connectivity index (χ1) is 14.6. The first-order valence-electron chi connectivity index (χ1n) is 10.9. The number of nitrogens with zero attached hydrogens (tertiary/aromatic N) is 4. The van der Waals surface area contributed by atoms with Crippen LogP contribution < -0.4 is 5.73 Å². The number of halogens is 3. The number of pyridine rings is 1. The zero-order valence-corrected chi connectivity index (χ0v) is 17.9. The zero-order chi connectivity index (χ0) is 22.1. The Hall–Kier alpha value is -2.13. The Labute approximate surface area is 179 Å². The van der Waals surface area contributed by atoms with Crippen LogP contribution in [0.5, 0.6) is 0 Å². The number of hydrogen-bond donors (Lipinski definition) is 1. The highest BCUT2D eigenvalue weighted by Crippen LogP contribution is 2.64. The summed E-state index contributed by atoms with van der Waals surface area (Å²) in [4.78, 5) is 6.24. The van der Waals surface area contributed by atoms with Crippen molar-refractivity contribution in [3.63, 3.8) is 0 Å². The van der Waals surface area contributed by atoms with Gasteiger partial charge >= 0.3 is 6.18 Å². The van der Waals surface area contributed by atoms with E-state index < -0.39 is 17.6 Å². The Bertz CT molecular complexity index is 972. The van der Waals surface area contributed by atoms with Crippen LogP contribution in [0.4, 0.5) is 19.0 Å². The molecule has 3 aliphatic rings. The Kier molecular flexibility index (Phi) is 4.82. The predicted molar refractivity (Wildman–Crippen MR) is 110 cm³/mol. The highest BCUT2D eigenvalue weighted by atomic mass is 19.4. The topological polar surface area (TPSA) is 69.2 Å². The molecule has 0 unspecified atom stereocenters. The van der Waals surface area contributed by atoms with Crippen LogP contribution in [0.2, 0.25) is 0 Å². The lowest BCUT2D eigenvalue weighted by molar-refractivity contribution is -0.137. The monoisotopic (exact) mass is 435 g/mol. The summed E-state index contributed by atoms with van der Waals surface area (Å²) < 4.78 is 47.2. The molecule has 168 valence electrons. The maximum absolute atomic E-state index is 13.3. The molecule has 5 rings (SSSR count). The van der Waals surface area contributed by atoms with E-state index in [1.807, 2.05) is 24.6 Å². The number of fused-ring (bicyclic) bond motifs is 1. The Morgan fingerprint density at radius 1 is 1.16 bits per heavy atom. The van der Waals surface area contributed by atoms with Gasteiger partial charge in [-0.25, -0.2) is 4.98 Å². The molecule has 9 heteroatoms. The van der Waals surface area contributed by atoms with Gasteiger partial charge in [0.05, 0.1) is 30.5 Å². The van der Waals surface area contributed by atoms with Gasteiger partial charge in [0.15, 0.2) is 0 Å². The van der Waals surface area contributed by atoms with E-state index in [2.05, 4.69) is 22.0 Å². The van der Waals surface area contributed by atoms with Crippen molar-refractivity contribution in [2.24, 2.45) is 11.8 Å². The minimum Gasteiger partial charge on any atom is -0.383 e.